The van der Waals surface area contributed by atoms with Crippen molar-refractivity contribution in [2.75, 3.05) is 51.8 Å². The van der Waals surface area contributed by atoms with E-state index in [0.717, 1.165) is 35.6 Å². The van der Waals surface area contributed by atoms with Crippen LogP contribution in [0.15, 0.2) is 91.0 Å². The van der Waals surface area contributed by atoms with Gasteiger partial charge in [0.05, 0.1) is 19.9 Å². The fourth-order valence-corrected chi connectivity index (χ4v) is 5.07. The molecule has 0 aliphatic carbocycles. The lowest BCUT2D eigenvalue weighted by Gasteiger charge is -2.27. The van der Waals surface area contributed by atoms with Crippen LogP contribution in [0.25, 0.3) is 11.3 Å². The molecule has 0 spiro atoms. The summed E-state index contributed by atoms with van der Waals surface area (Å²) in [6.45, 7) is 2.92. The lowest BCUT2D eigenvalue weighted by molar-refractivity contribution is -0.131. The number of methoxy groups -OCH3 is 2. The lowest BCUT2D eigenvalue weighted by atomic mass is 10.1. The van der Waals surface area contributed by atoms with Crippen molar-refractivity contribution < 1.29 is 19.1 Å². The minimum atomic E-state index is -0.158. The molecular weight excluding hydrogens is 530 g/mol. The van der Waals surface area contributed by atoms with Crippen molar-refractivity contribution in [3.05, 3.63) is 102 Å². The van der Waals surface area contributed by atoms with E-state index in [1.807, 2.05) is 83.8 Å². The van der Waals surface area contributed by atoms with E-state index in [1.54, 1.807) is 31.3 Å². The van der Waals surface area contributed by atoms with Crippen molar-refractivity contribution in [3.8, 4) is 22.8 Å². The number of nitrogens with zero attached hydrogens (tertiary/aromatic N) is 5. The van der Waals surface area contributed by atoms with Crippen molar-refractivity contribution in [1.82, 2.24) is 20.0 Å². The summed E-state index contributed by atoms with van der Waals surface area (Å²) in [6.07, 6.45) is 0.788. The summed E-state index contributed by atoms with van der Waals surface area (Å²) >= 11 is 0. The number of amides is 2. The molecule has 0 saturated carbocycles. The van der Waals surface area contributed by atoms with Crippen molar-refractivity contribution in [2.24, 2.45) is 0 Å². The van der Waals surface area contributed by atoms with Crippen LogP contribution in [0.4, 0.5) is 5.82 Å². The van der Waals surface area contributed by atoms with E-state index in [-0.39, 0.29) is 18.4 Å². The second-order valence-electron chi connectivity index (χ2n) is 10.1. The number of rotatable bonds is 9. The van der Waals surface area contributed by atoms with Crippen LogP contribution in [-0.4, -0.2) is 78.8 Å². The number of hydrogen-bond donors (Lipinski definition) is 0. The molecule has 1 aromatic heterocycles. The first kappa shape index (κ1) is 28.6. The third kappa shape index (κ3) is 6.86. The van der Waals surface area contributed by atoms with Gasteiger partial charge in [-0.3, -0.25) is 9.59 Å². The fourth-order valence-electron chi connectivity index (χ4n) is 5.07. The average molecular weight is 566 g/mol. The van der Waals surface area contributed by atoms with Gasteiger partial charge < -0.3 is 24.2 Å². The number of carbonyl (C=O) groups is 2. The van der Waals surface area contributed by atoms with Crippen LogP contribution in [-0.2, 0) is 11.3 Å². The van der Waals surface area contributed by atoms with Gasteiger partial charge in [-0.05, 0) is 54.4 Å². The molecule has 1 saturated heterocycles. The minimum absolute atomic E-state index is 0.0163. The number of benzene rings is 3. The summed E-state index contributed by atoms with van der Waals surface area (Å²) < 4.78 is 10.7. The highest BCUT2D eigenvalue weighted by Crippen LogP contribution is 2.31. The highest BCUT2D eigenvalue weighted by Gasteiger charge is 2.25. The summed E-state index contributed by atoms with van der Waals surface area (Å²) in [7, 11) is 3.21. The summed E-state index contributed by atoms with van der Waals surface area (Å²) in [5.41, 5.74) is 3.16. The average Bonchev–Trinajstić information content (AvgIpc) is 3.31. The first-order valence-corrected chi connectivity index (χ1v) is 14.0. The third-order valence-corrected chi connectivity index (χ3v) is 7.35. The topological polar surface area (TPSA) is 88.1 Å². The molecule has 9 nitrogen and oxygen atoms in total. The Kier molecular flexibility index (Phi) is 9.28. The summed E-state index contributed by atoms with van der Waals surface area (Å²) in [6, 6.07) is 28.4. The Labute approximate surface area is 246 Å². The van der Waals surface area contributed by atoms with E-state index in [1.165, 1.54) is 0 Å². The van der Waals surface area contributed by atoms with Crippen LogP contribution in [0.5, 0.6) is 11.5 Å². The molecule has 3 aromatic carbocycles. The Morgan fingerprint density at radius 1 is 0.786 bits per heavy atom. The van der Waals surface area contributed by atoms with Crippen molar-refractivity contribution in [1.29, 1.82) is 0 Å². The Balaban J connectivity index is 1.24. The standard InChI is InChI=1S/C33H35N5O4/c1-41-29-16-14-27(22-30(29)42-2)28-15-17-31(35-34-28)36-18-9-19-37(21-20-36)32(39)24-38(23-25-10-5-3-6-11-25)33(40)26-12-7-4-8-13-26/h3-8,10-17,22H,9,18-21,23-24H2,1-2H3. The van der Waals surface area contributed by atoms with Gasteiger partial charge in [0.15, 0.2) is 17.3 Å². The van der Waals surface area contributed by atoms with Gasteiger partial charge in [0, 0.05) is 43.9 Å². The van der Waals surface area contributed by atoms with Crippen molar-refractivity contribution in [2.45, 2.75) is 13.0 Å². The van der Waals surface area contributed by atoms with Gasteiger partial charge >= 0.3 is 0 Å². The van der Waals surface area contributed by atoms with E-state index in [0.29, 0.717) is 43.2 Å². The predicted octanol–water partition coefficient (Wildman–Crippen LogP) is 4.54. The Morgan fingerprint density at radius 2 is 1.52 bits per heavy atom. The van der Waals surface area contributed by atoms with Crippen LogP contribution in [0.3, 0.4) is 0 Å². The van der Waals surface area contributed by atoms with Gasteiger partial charge in [-0.15, -0.1) is 10.2 Å². The second kappa shape index (κ2) is 13.6. The monoisotopic (exact) mass is 565 g/mol. The molecule has 5 rings (SSSR count). The van der Waals surface area contributed by atoms with E-state index in [2.05, 4.69) is 15.1 Å². The number of aromatic nitrogens is 2. The molecule has 4 aromatic rings. The lowest BCUT2D eigenvalue weighted by Crippen LogP contribution is -2.44. The second-order valence-corrected chi connectivity index (χ2v) is 10.1. The number of anilines is 1. The van der Waals surface area contributed by atoms with Crippen molar-refractivity contribution in [3.63, 3.8) is 0 Å². The van der Waals surface area contributed by atoms with E-state index >= 15 is 0 Å². The Morgan fingerprint density at radius 3 is 2.21 bits per heavy atom. The molecule has 0 atom stereocenters. The van der Waals surface area contributed by atoms with Crippen LogP contribution in [0.2, 0.25) is 0 Å². The quantitative estimate of drug-likeness (QED) is 0.294. The van der Waals surface area contributed by atoms with E-state index < -0.39 is 0 Å². The largest absolute Gasteiger partial charge is 0.493 e. The molecule has 1 fully saturated rings. The van der Waals surface area contributed by atoms with Gasteiger partial charge in [0.25, 0.3) is 5.91 Å². The van der Waals surface area contributed by atoms with Crippen LogP contribution in [0, 0.1) is 0 Å². The van der Waals surface area contributed by atoms with Gasteiger partial charge in [-0.2, -0.15) is 0 Å². The highest BCUT2D eigenvalue weighted by atomic mass is 16.5. The smallest absolute Gasteiger partial charge is 0.254 e. The first-order valence-electron chi connectivity index (χ1n) is 14.0. The molecule has 2 heterocycles. The molecular formula is C33H35N5O4. The zero-order valence-electron chi connectivity index (χ0n) is 24.0. The number of carbonyl (C=O) groups excluding carboxylic acids is 2. The maximum atomic E-state index is 13.5. The zero-order chi connectivity index (χ0) is 29.3. The van der Waals surface area contributed by atoms with Crippen molar-refractivity contribution >= 4 is 17.6 Å². The van der Waals surface area contributed by atoms with Crippen LogP contribution >= 0.6 is 0 Å². The van der Waals surface area contributed by atoms with Crippen LogP contribution in [0.1, 0.15) is 22.3 Å². The summed E-state index contributed by atoms with van der Waals surface area (Å²) in [5, 5.41) is 8.94. The maximum Gasteiger partial charge on any atom is 0.254 e. The summed E-state index contributed by atoms with van der Waals surface area (Å²) in [4.78, 5) is 32.5. The summed E-state index contributed by atoms with van der Waals surface area (Å²) in [5.74, 6) is 1.83. The molecule has 0 bridgehead atoms. The number of hydrogen-bond acceptors (Lipinski definition) is 7. The minimum Gasteiger partial charge on any atom is -0.493 e. The third-order valence-electron chi connectivity index (χ3n) is 7.35. The molecule has 0 unspecified atom stereocenters. The molecule has 42 heavy (non-hydrogen) atoms. The molecule has 1 aliphatic heterocycles. The fraction of sp³-hybridized carbons (Fsp3) is 0.273. The van der Waals surface area contributed by atoms with Gasteiger partial charge in [0.1, 0.15) is 6.54 Å². The molecule has 9 heteroatoms. The van der Waals surface area contributed by atoms with Gasteiger partial charge in [-0.1, -0.05) is 48.5 Å². The van der Waals surface area contributed by atoms with Gasteiger partial charge in [-0.25, -0.2) is 0 Å². The SMILES string of the molecule is COc1ccc(-c2ccc(N3CCCN(C(=O)CN(Cc4ccccc4)C(=O)c4ccccc4)CC3)nn2)cc1OC. The molecule has 2 amide bonds. The normalized spacial score (nSPS) is 13.3. The molecule has 216 valence electrons. The number of ether oxygens (including phenoxy) is 2. The van der Waals surface area contributed by atoms with E-state index in [9.17, 15) is 9.59 Å². The molecule has 1 aliphatic rings. The first-order chi connectivity index (χ1) is 20.6. The van der Waals surface area contributed by atoms with Gasteiger partial charge in [0.2, 0.25) is 5.91 Å². The predicted molar refractivity (Wildman–Crippen MR) is 162 cm³/mol. The highest BCUT2D eigenvalue weighted by molar-refractivity contribution is 5.96. The molecule has 0 radical (unpaired) electrons. The Bertz CT molecular complexity index is 1480. The van der Waals surface area contributed by atoms with Crippen LogP contribution < -0.4 is 14.4 Å². The van der Waals surface area contributed by atoms with E-state index in [4.69, 9.17) is 9.47 Å². The Hall–Kier alpha value is -4.92. The maximum absolute atomic E-state index is 13.5. The zero-order valence-corrected chi connectivity index (χ0v) is 24.0. The molecule has 0 N–H and O–H groups in total.